The number of carbonyl (C=O) groups is 1. The number of benzene rings is 2. The largest absolute Gasteiger partial charge is 0.465 e. The number of rotatable bonds is 5. The van der Waals surface area contributed by atoms with E-state index in [4.69, 9.17) is 21.1 Å². The quantitative estimate of drug-likeness (QED) is 0.763. The van der Waals surface area contributed by atoms with Crippen molar-refractivity contribution in [2.75, 3.05) is 43.0 Å². The summed E-state index contributed by atoms with van der Waals surface area (Å²) in [5.41, 5.74) is 1.04. The van der Waals surface area contributed by atoms with Crippen molar-refractivity contribution in [1.29, 1.82) is 0 Å². The summed E-state index contributed by atoms with van der Waals surface area (Å²) in [4.78, 5) is 13.8. The number of anilines is 2. The lowest BCUT2D eigenvalue weighted by Crippen LogP contribution is -2.37. The molecule has 1 aliphatic heterocycles. The lowest BCUT2D eigenvalue weighted by atomic mass is 10.2. The molecular weight excluding hydrogens is 392 g/mol. The van der Waals surface area contributed by atoms with Crippen molar-refractivity contribution in [3.05, 3.63) is 53.1 Å². The Morgan fingerprint density at radius 3 is 2.44 bits per heavy atom. The number of methoxy groups -OCH3 is 1. The lowest BCUT2D eigenvalue weighted by molar-refractivity contribution is 0.0600. The number of esters is 1. The number of carbonyl (C=O) groups excluding carboxylic acids is 1. The highest BCUT2D eigenvalue weighted by atomic mass is 35.5. The predicted molar refractivity (Wildman–Crippen MR) is 103 cm³/mol. The summed E-state index contributed by atoms with van der Waals surface area (Å²) in [6.07, 6.45) is 0. The van der Waals surface area contributed by atoms with Crippen molar-refractivity contribution in [2.45, 2.75) is 4.90 Å². The number of hydrogen-bond donors (Lipinski definition) is 1. The normalized spacial score (nSPS) is 14.7. The monoisotopic (exact) mass is 410 g/mol. The molecule has 0 amide bonds. The summed E-state index contributed by atoms with van der Waals surface area (Å²) in [6, 6.07) is 10.8. The molecule has 0 aromatic heterocycles. The highest BCUT2D eigenvalue weighted by Gasteiger charge is 2.25. The molecule has 27 heavy (non-hydrogen) atoms. The number of sulfonamides is 1. The second-order valence-electron chi connectivity index (χ2n) is 5.89. The zero-order valence-corrected chi connectivity index (χ0v) is 16.2. The molecule has 0 radical (unpaired) electrons. The van der Waals surface area contributed by atoms with Crippen molar-refractivity contribution in [1.82, 2.24) is 0 Å². The maximum atomic E-state index is 13.1. The molecule has 2 aromatic carbocycles. The van der Waals surface area contributed by atoms with Crippen LogP contribution in [0.5, 0.6) is 0 Å². The standard InChI is InChI=1S/C18H19ClN2O5S/c1-25-18(22)13-2-7-16(21-8-10-26-11-9-21)17(12-13)27(23,24)20-15-5-3-14(19)4-6-15/h2-7,12,20H,8-11H2,1H3. The third-order valence-corrected chi connectivity index (χ3v) is 5.78. The molecule has 2 aromatic rings. The average Bonchev–Trinajstić information content (AvgIpc) is 2.69. The van der Waals surface area contributed by atoms with Crippen LogP contribution in [0.2, 0.25) is 5.02 Å². The molecule has 1 saturated heterocycles. The Morgan fingerprint density at radius 2 is 1.81 bits per heavy atom. The van der Waals surface area contributed by atoms with Gasteiger partial charge in [-0.25, -0.2) is 13.2 Å². The number of ether oxygens (including phenoxy) is 2. The van der Waals surface area contributed by atoms with Gasteiger partial charge in [0.1, 0.15) is 4.90 Å². The van der Waals surface area contributed by atoms with Gasteiger partial charge in [0.15, 0.2) is 0 Å². The Morgan fingerprint density at radius 1 is 1.15 bits per heavy atom. The molecule has 0 bridgehead atoms. The van der Waals surface area contributed by atoms with Crippen molar-refractivity contribution in [2.24, 2.45) is 0 Å². The van der Waals surface area contributed by atoms with Crippen LogP contribution in [0, 0.1) is 0 Å². The Kier molecular flexibility index (Phi) is 5.88. The van der Waals surface area contributed by atoms with Gasteiger partial charge in [-0.3, -0.25) is 4.72 Å². The van der Waals surface area contributed by atoms with E-state index >= 15 is 0 Å². The molecule has 0 aliphatic carbocycles. The van der Waals surface area contributed by atoms with Gasteiger partial charge >= 0.3 is 5.97 Å². The first-order valence-electron chi connectivity index (χ1n) is 8.24. The number of nitrogens with one attached hydrogen (secondary N) is 1. The number of halogens is 1. The van der Waals surface area contributed by atoms with Crippen LogP contribution in [-0.4, -0.2) is 47.8 Å². The van der Waals surface area contributed by atoms with E-state index in [2.05, 4.69) is 4.72 Å². The zero-order chi connectivity index (χ0) is 19.4. The van der Waals surface area contributed by atoms with Crippen molar-refractivity contribution < 1.29 is 22.7 Å². The predicted octanol–water partition coefficient (Wildman–Crippen LogP) is 2.76. The Labute approximate surface area is 162 Å². The highest BCUT2D eigenvalue weighted by molar-refractivity contribution is 7.92. The molecule has 1 fully saturated rings. The van der Waals surface area contributed by atoms with Gasteiger partial charge in [-0.05, 0) is 42.5 Å². The van der Waals surface area contributed by atoms with Gasteiger partial charge in [0.25, 0.3) is 10.0 Å². The maximum absolute atomic E-state index is 13.1. The summed E-state index contributed by atoms with van der Waals surface area (Å²) in [6.45, 7) is 2.12. The van der Waals surface area contributed by atoms with Crippen LogP contribution in [0.1, 0.15) is 10.4 Å². The second-order valence-corrected chi connectivity index (χ2v) is 7.97. The molecule has 3 rings (SSSR count). The molecule has 7 nitrogen and oxygen atoms in total. The van der Waals surface area contributed by atoms with E-state index in [1.807, 2.05) is 4.90 Å². The van der Waals surface area contributed by atoms with Crippen LogP contribution in [0.3, 0.4) is 0 Å². The van der Waals surface area contributed by atoms with Gasteiger partial charge in [0.05, 0.1) is 31.6 Å². The molecule has 1 N–H and O–H groups in total. The minimum absolute atomic E-state index is 0.00208. The molecular formula is C18H19ClN2O5S. The van der Waals surface area contributed by atoms with Gasteiger partial charge in [-0.2, -0.15) is 0 Å². The first-order chi connectivity index (χ1) is 12.9. The molecule has 0 saturated carbocycles. The van der Waals surface area contributed by atoms with Gasteiger partial charge in [0, 0.05) is 23.8 Å². The van der Waals surface area contributed by atoms with Crippen LogP contribution < -0.4 is 9.62 Å². The van der Waals surface area contributed by atoms with E-state index in [0.717, 1.165) is 0 Å². The molecule has 0 atom stereocenters. The fourth-order valence-electron chi connectivity index (χ4n) is 2.77. The van der Waals surface area contributed by atoms with E-state index < -0.39 is 16.0 Å². The minimum atomic E-state index is -3.95. The van der Waals surface area contributed by atoms with Gasteiger partial charge in [-0.15, -0.1) is 0 Å². The average molecular weight is 411 g/mol. The smallest absolute Gasteiger partial charge is 0.337 e. The minimum Gasteiger partial charge on any atom is -0.465 e. The summed E-state index contributed by atoms with van der Waals surface area (Å²) < 4.78 is 38.7. The number of nitrogens with zero attached hydrogens (tertiary/aromatic N) is 1. The first-order valence-corrected chi connectivity index (χ1v) is 10.1. The van der Waals surface area contributed by atoms with Crippen LogP contribution in [0.25, 0.3) is 0 Å². The molecule has 9 heteroatoms. The van der Waals surface area contributed by atoms with Gasteiger partial charge in [0.2, 0.25) is 0 Å². The maximum Gasteiger partial charge on any atom is 0.337 e. The van der Waals surface area contributed by atoms with Crippen molar-refractivity contribution >= 4 is 39.0 Å². The second kappa shape index (κ2) is 8.16. The highest BCUT2D eigenvalue weighted by Crippen LogP contribution is 2.29. The third kappa shape index (κ3) is 4.52. The lowest BCUT2D eigenvalue weighted by Gasteiger charge is -2.30. The zero-order valence-electron chi connectivity index (χ0n) is 14.6. The fourth-order valence-corrected chi connectivity index (χ4v) is 4.20. The van der Waals surface area contributed by atoms with Crippen molar-refractivity contribution in [3.8, 4) is 0 Å². The van der Waals surface area contributed by atoms with Crippen LogP contribution in [0.4, 0.5) is 11.4 Å². The van der Waals surface area contributed by atoms with E-state index in [0.29, 0.717) is 42.7 Å². The fraction of sp³-hybridized carbons (Fsp3) is 0.278. The molecule has 144 valence electrons. The summed E-state index contributed by atoms with van der Waals surface area (Å²) in [7, 11) is -2.71. The van der Waals surface area contributed by atoms with E-state index in [1.165, 1.54) is 13.2 Å². The Bertz CT molecular complexity index is 925. The summed E-state index contributed by atoms with van der Waals surface area (Å²) in [5.74, 6) is -0.605. The molecule has 0 unspecified atom stereocenters. The van der Waals surface area contributed by atoms with E-state index in [1.54, 1.807) is 36.4 Å². The molecule has 0 spiro atoms. The Hall–Kier alpha value is -2.29. The van der Waals surface area contributed by atoms with E-state index in [9.17, 15) is 13.2 Å². The number of morpholine rings is 1. The summed E-state index contributed by atoms with van der Waals surface area (Å²) in [5, 5.41) is 0.500. The summed E-state index contributed by atoms with van der Waals surface area (Å²) >= 11 is 5.85. The van der Waals surface area contributed by atoms with E-state index in [-0.39, 0.29) is 10.5 Å². The third-order valence-electron chi connectivity index (χ3n) is 4.12. The van der Waals surface area contributed by atoms with Crippen LogP contribution >= 0.6 is 11.6 Å². The Balaban J connectivity index is 2.03. The SMILES string of the molecule is COC(=O)c1ccc(N2CCOCC2)c(S(=O)(=O)Nc2ccc(Cl)cc2)c1. The topological polar surface area (TPSA) is 84.9 Å². The molecule has 1 heterocycles. The van der Waals surface area contributed by atoms with Gasteiger partial charge in [-0.1, -0.05) is 11.6 Å². The van der Waals surface area contributed by atoms with Crippen LogP contribution in [-0.2, 0) is 19.5 Å². The van der Waals surface area contributed by atoms with Gasteiger partial charge < -0.3 is 14.4 Å². The number of hydrogen-bond acceptors (Lipinski definition) is 6. The van der Waals surface area contributed by atoms with Crippen LogP contribution in [0.15, 0.2) is 47.4 Å². The first kappa shape index (κ1) is 19.5. The van der Waals surface area contributed by atoms with Crippen molar-refractivity contribution in [3.63, 3.8) is 0 Å². The molecule has 1 aliphatic rings.